The molecule has 0 bridgehead atoms. The average molecular weight is 348 g/mol. The van der Waals surface area contributed by atoms with Crippen LogP contribution in [0.1, 0.15) is 34.9 Å². The van der Waals surface area contributed by atoms with Gasteiger partial charge in [-0.25, -0.2) is 13.8 Å². The summed E-state index contributed by atoms with van der Waals surface area (Å²) in [6.45, 7) is 0.796. The molecule has 132 valence electrons. The molecule has 1 fully saturated rings. The van der Waals surface area contributed by atoms with Gasteiger partial charge in [0.15, 0.2) is 0 Å². The fraction of sp³-hybridized carbons (Fsp3) is 0.353. The van der Waals surface area contributed by atoms with Crippen molar-refractivity contribution < 1.29 is 18.4 Å². The molecule has 2 aromatic rings. The summed E-state index contributed by atoms with van der Waals surface area (Å²) in [4.78, 5) is 29.5. The van der Waals surface area contributed by atoms with Crippen LogP contribution in [0.4, 0.5) is 8.78 Å². The number of piperidine rings is 1. The Balaban J connectivity index is 1.79. The van der Waals surface area contributed by atoms with Gasteiger partial charge in [0.05, 0.1) is 5.56 Å². The van der Waals surface area contributed by atoms with E-state index in [4.69, 9.17) is 5.73 Å². The van der Waals surface area contributed by atoms with E-state index in [1.54, 1.807) is 17.0 Å². The minimum atomic E-state index is -0.747. The summed E-state index contributed by atoms with van der Waals surface area (Å²) in [5.74, 6) is -1.86. The van der Waals surface area contributed by atoms with Crippen LogP contribution in [0.2, 0.25) is 0 Å². The minimum Gasteiger partial charge on any atom is -0.368 e. The Bertz CT molecular complexity index is 806. The quantitative estimate of drug-likeness (QED) is 0.912. The van der Waals surface area contributed by atoms with Crippen LogP contribution in [0.25, 0.3) is 0 Å². The number of hydrogen-bond donors (Lipinski definition) is 1. The second kappa shape index (κ2) is 7.00. The highest BCUT2D eigenvalue weighted by atomic mass is 19.1. The fourth-order valence-corrected chi connectivity index (χ4v) is 3.19. The van der Waals surface area contributed by atoms with E-state index in [0.717, 1.165) is 24.6 Å². The van der Waals surface area contributed by atoms with E-state index in [1.165, 1.54) is 4.90 Å². The van der Waals surface area contributed by atoms with E-state index in [9.17, 15) is 18.4 Å². The average Bonchev–Trinajstić information content (AvgIpc) is 3.04. The van der Waals surface area contributed by atoms with Gasteiger partial charge in [-0.1, -0.05) is 0 Å². The summed E-state index contributed by atoms with van der Waals surface area (Å²) in [5, 5.41) is 0. The van der Waals surface area contributed by atoms with E-state index in [1.807, 2.05) is 0 Å². The lowest BCUT2D eigenvalue weighted by molar-refractivity contribution is -0.118. The third kappa shape index (κ3) is 3.67. The molecule has 1 saturated heterocycles. The molecule has 0 unspecified atom stereocenters. The molecule has 3 rings (SSSR count). The van der Waals surface area contributed by atoms with E-state index >= 15 is 0 Å². The molecule has 25 heavy (non-hydrogen) atoms. The maximum Gasteiger partial charge on any atom is 0.256 e. The molecule has 2 N–H and O–H groups in total. The van der Waals surface area contributed by atoms with Gasteiger partial charge >= 0.3 is 0 Å². The van der Waals surface area contributed by atoms with Gasteiger partial charge in [-0.3, -0.25) is 9.59 Å². The first-order valence-electron chi connectivity index (χ1n) is 7.99. The first-order chi connectivity index (χ1) is 12.0. The molecule has 1 aromatic heterocycles. The molecule has 6 nitrogen and oxygen atoms in total. The number of primary amides is 1. The molecule has 1 aliphatic heterocycles. The zero-order valence-electron chi connectivity index (χ0n) is 13.5. The van der Waals surface area contributed by atoms with Crippen LogP contribution in [0, 0.1) is 11.6 Å². The van der Waals surface area contributed by atoms with E-state index < -0.39 is 23.4 Å². The lowest BCUT2D eigenvalue weighted by atomic mass is 9.96. The Labute approximate surface area is 143 Å². The molecular weight excluding hydrogens is 330 g/mol. The number of nitrogens with two attached hydrogens (primary N) is 1. The molecular formula is C17H18F2N4O2. The Hall–Kier alpha value is -2.77. The molecule has 2 heterocycles. The monoisotopic (exact) mass is 348 g/mol. The van der Waals surface area contributed by atoms with Crippen LogP contribution in [0.5, 0.6) is 0 Å². The van der Waals surface area contributed by atoms with Crippen LogP contribution in [-0.4, -0.2) is 39.4 Å². The zero-order chi connectivity index (χ0) is 18.0. The second-order valence-electron chi connectivity index (χ2n) is 6.09. The number of halogens is 2. The van der Waals surface area contributed by atoms with Gasteiger partial charge in [-0.05, 0) is 31.0 Å². The van der Waals surface area contributed by atoms with Gasteiger partial charge in [0.2, 0.25) is 5.91 Å². The lowest BCUT2D eigenvalue weighted by Gasteiger charge is -2.32. The standard InChI is InChI=1S/C17H18F2N4O2/c18-12-3-4-14(19)13(8-12)17(25)23-6-1-2-11(9-23)16-21-5-7-22(16)10-15(20)24/h3-5,7-8,11H,1-2,6,9-10H2,(H2,20,24)/t11-/m0/s1. The molecule has 8 heteroatoms. The van der Waals surface area contributed by atoms with E-state index in [-0.39, 0.29) is 18.0 Å². The van der Waals surface area contributed by atoms with Crippen molar-refractivity contribution in [2.75, 3.05) is 13.1 Å². The summed E-state index contributed by atoms with van der Waals surface area (Å²) in [7, 11) is 0. The van der Waals surface area contributed by atoms with Gasteiger partial charge in [0.1, 0.15) is 24.0 Å². The minimum absolute atomic E-state index is 0.0122. The highest BCUT2D eigenvalue weighted by Gasteiger charge is 2.29. The number of nitrogens with zero attached hydrogens (tertiary/aromatic N) is 3. The molecule has 1 aromatic carbocycles. The molecule has 0 spiro atoms. The first-order valence-corrected chi connectivity index (χ1v) is 7.99. The summed E-state index contributed by atoms with van der Waals surface area (Å²) in [6, 6.07) is 2.84. The maximum absolute atomic E-state index is 13.9. The number of rotatable bonds is 4. The number of benzene rings is 1. The number of carbonyl (C=O) groups is 2. The number of amides is 2. The third-order valence-corrected chi connectivity index (χ3v) is 4.31. The van der Waals surface area contributed by atoms with Crippen LogP contribution in [0.15, 0.2) is 30.6 Å². The van der Waals surface area contributed by atoms with Gasteiger partial charge in [0, 0.05) is 31.4 Å². The highest BCUT2D eigenvalue weighted by molar-refractivity contribution is 5.94. The Morgan fingerprint density at radius 1 is 1.32 bits per heavy atom. The lowest BCUT2D eigenvalue weighted by Crippen LogP contribution is -2.40. The number of likely N-dealkylation sites (tertiary alicyclic amines) is 1. The summed E-state index contributed by atoms with van der Waals surface area (Å²) in [5.41, 5.74) is 4.96. The van der Waals surface area contributed by atoms with Crippen LogP contribution in [0.3, 0.4) is 0 Å². The van der Waals surface area contributed by atoms with Gasteiger partial charge in [0.25, 0.3) is 5.91 Å². The SMILES string of the molecule is NC(=O)Cn1ccnc1[C@H]1CCCN(C(=O)c2cc(F)ccc2F)C1. The van der Waals surface area contributed by atoms with Crippen molar-refractivity contribution >= 4 is 11.8 Å². The van der Waals surface area contributed by atoms with Crippen LogP contribution in [-0.2, 0) is 11.3 Å². The van der Waals surface area contributed by atoms with E-state index in [2.05, 4.69) is 4.98 Å². The van der Waals surface area contributed by atoms with Crippen molar-refractivity contribution in [1.82, 2.24) is 14.5 Å². The molecule has 1 aliphatic rings. The van der Waals surface area contributed by atoms with Crippen molar-refractivity contribution in [2.24, 2.45) is 5.73 Å². The second-order valence-corrected chi connectivity index (χ2v) is 6.09. The zero-order valence-corrected chi connectivity index (χ0v) is 13.5. The van der Waals surface area contributed by atoms with Crippen molar-refractivity contribution in [2.45, 2.75) is 25.3 Å². The number of hydrogen-bond acceptors (Lipinski definition) is 3. The maximum atomic E-state index is 13.9. The van der Waals surface area contributed by atoms with Crippen molar-refractivity contribution in [1.29, 1.82) is 0 Å². The molecule has 0 radical (unpaired) electrons. The topological polar surface area (TPSA) is 81.2 Å². The van der Waals surface area contributed by atoms with E-state index in [0.29, 0.717) is 25.3 Å². The molecule has 0 saturated carbocycles. The van der Waals surface area contributed by atoms with Crippen molar-refractivity contribution in [3.63, 3.8) is 0 Å². The predicted molar refractivity (Wildman–Crippen MR) is 85.7 cm³/mol. The van der Waals surface area contributed by atoms with Gasteiger partial charge in [-0.15, -0.1) is 0 Å². The summed E-state index contributed by atoms with van der Waals surface area (Å²) in [6.07, 6.45) is 4.72. The first kappa shape index (κ1) is 17.1. The normalized spacial score (nSPS) is 17.5. The summed E-state index contributed by atoms with van der Waals surface area (Å²) < 4.78 is 28.9. The number of aromatic nitrogens is 2. The highest BCUT2D eigenvalue weighted by Crippen LogP contribution is 2.27. The Morgan fingerprint density at radius 2 is 2.12 bits per heavy atom. The fourth-order valence-electron chi connectivity index (χ4n) is 3.19. The molecule has 2 amide bonds. The largest absolute Gasteiger partial charge is 0.368 e. The number of carbonyl (C=O) groups excluding carboxylic acids is 2. The van der Waals surface area contributed by atoms with Gasteiger partial charge < -0.3 is 15.2 Å². The summed E-state index contributed by atoms with van der Waals surface area (Å²) >= 11 is 0. The van der Waals surface area contributed by atoms with Crippen molar-refractivity contribution in [3.8, 4) is 0 Å². The molecule has 0 aliphatic carbocycles. The Morgan fingerprint density at radius 3 is 2.88 bits per heavy atom. The van der Waals surface area contributed by atoms with Crippen LogP contribution >= 0.6 is 0 Å². The third-order valence-electron chi connectivity index (χ3n) is 4.31. The predicted octanol–water partition coefficient (Wildman–Crippen LogP) is 1.67. The van der Waals surface area contributed by atoms with Gasteiger partial charge in [-0.2, -0.15) is 0 Å². The van der Waals surface area contributed by atoms with Crippen molar-refractivity contribution in [3.05, 3.63) is 53.6 Å². The number of imidazole rings is 1. The molecule has 1 atom stereocenters. The van der Waals surface area contributed by atoms with Crippen LogP contribution < -0.4 is 5.73 Å². The smallest absolute Gasteiger partial charge is 0.256 e. The Kier molecular flexibility index (Phi) is 4.78.